The molecule has 0 bridgehead atoms. The van der Waals surface area contributed by atoms with Gasteiger partial charge in [0.2, 0.25) is 17.7 Å². The molecule has 0 radical (unpaired) electrons. The van der Waals surface area contributed by atoms with Crippen molar-refractivity contribution in [2.75, 3.05) is 29.1 Å². The van der Waals surface area contributed by atoms with Crippen molar-refractivity contribution in [2.45, 2.75) is 137 Å². The van der Waals surface area contributed by atoms with Gasteiger partial charge in [0.25, 0.3) is 16.7 Å². The number of carboxylic acids is 2. The van der Waals surface area contributed by atoms with Crippen molar-refractivity contribution in [3.05, 3.63) is 192 Å². The van der Waals surface area contributed by atoms with Crippen LogP contribution in [0.5, 0.6) is 0 Å². The van der Waals surface area contributed by atoms with Gasteiger partial charge in [0.15, 0.2) is 23.1 Å². The summed E-state index contributed by atoms with van der Waals surface area (Å²) in [4.78, 5) is 174. The number of nitrogens with two attached hydrogens (primary N) is 1. The van der Waals surface area contributed by atoms with E-state index in [2.05, 4.69) is 16.0 Å². The van der Waals surface area contributed by atoms with Crippen molar-refractivity contribution in [3.63, 3.8) is 0 Å². The van der Waals surface area contributed by atoms with Gasteiger partial charge >= 0.3 is 23.9 Å². The van der Waals surface area contributed by atoms with Gasteiger partial charge in [-0.25, -0.2) is 0 Å². The number of benzene rings is 6. The Balaban J connectivity index is 0.000000184. The van der Waals surface area contributed by atoms with Crippen molar-refractivity contribution in [1.82, 2.24) is 13.7 Å². The highest BCUT2D eigenvalue weighted by atomic mass is 35.5. The molecule has 27 heteroatoms. The van der Waals surface area contributed by atoms with E-state index < -0.39 is 72.5 Å². The second-order valence-corrected chi connectivity index (χ2v) is 27.3. The maximum Gasteiger partial charge on any atom is 0.312 e. The van der Waals surface area contributed by atoms with Gasteiger partial charge in [-0.2, -0.15) is 0 Å². The number of aliphatic hydroxyl groups excluding tert-OH is 1. The molecule has 0 atom stereocenters. The van der Waals surface area contributed by atoms with Crippen molar-refractivity contribution >= 4 is 127 Å². The molecule has 9 aromatic rings. The van der Waals surface area contributed by atoms with Crippen LogP contribution in [0.15, 0.2) is 142 Å². The first-order chi connectivity index (χ1) is 49.9. The molecule has 12 rings (SSSR count). The molecular formula is C79H78ClN7O19. The number of esters is 2. The van der Waals surface area contributed by atoms with E-state index in [1.165, 1.54) is 18.2 Å². The van der Waals surface area contributed by atoms with Crippen LogP contribution < -0.4 is 38.4 Å². The Hall–Kier alpha value is -11.9. The van der Waals surface area contributed by atoms with Crippen LogP contribution in [0.4, 0.5) is 17.1 Å². The predicted octanol–water partition coefficient (Wildman–Crippen LogP) is 10.1. The number of halogens is 1. The summed E-state index contributed by atoms with van der Waals surface area (Å²) < 4.78 is 15.4. The largest absolute Gasteiger partial charge is 0.481 e. The topological polar surface area (TPSA) is 395 Å². The van der Waals surface area contributed by atoms with Crippen LogP contribution in [-0.2, 0) is 67.5 Å². The average Bonchev–Trinajstić information content (AvgIpc) is 1.55. The molecule has 3 aliphatic carbocycles. The van der Waals surface area contributed by atoms with Gasteiger partial charge in [0, 0.05) is 99.1 Å². The Kier molecular flexibility index (Phi) is 24.3. The van der Waals surface area contributed by atoms with Crippen LogP contribution in [0.3, 0.4) is 0 Å². The zero-order valence-electron chi connectivity index (χ0n) is 58.9. The molecule has 0 aliphatic heterocycles. The Labute approximate surface area is 611 Å². The Morgan fingerprint density at radius 1 is 0.406 bits per heavy atom. The van der Waals surface area contributed by atoms with E-state index in [-0.39, 0.29) is 106 Å². The number of unbranched alkanes of at least 4 members (excludes halogenated alkanes) is 2. The first-order valence-corrected chi connectivity index (χ1v) is 34.0. The number of fused-ring (bicyclic) bond motifs is 15. The molecule has 8 N–H and O–H groups in total. The molecule has 3 aliphatic rings. The number of rotatable bonds is 23. The highest BCUT2D eigenvalue weighted by Gasteiger charge is 2.36. The number of carbonyl (C=O) groups is 11. The standard InChI is InChI=1S/C29H30N2O7.C28H28N2O7.C22H19N3O5.ClH/c1-29(2,3)38-24(35)10-6-7-13-31-26-20-8-4-5-9-21(20)27(36)25(26)19-12-11-17(14-22(19)28(31)37)30-23(34)15-18(33)16-32;1-28(2,3)37-23(34)10-6-7-13-30-25-18-8-4-5-9-19(18)26(35)24(25)17-12-11-16(14-20(17)27(30)36)29-21(31)15-22(32)33;23-8-3-9-25-20-14-4-1-2-5-15(14)21(29)19(20)13-7-6-12(10-16(13)22(25)30)24-17(26)11-18(27)28;/h4-5,8-9,11-12,14,32H,6-7,10,13,15-16H2,1-3H3,(H,30,34);4-5,8-9,11-12,14H,6-7,10,13,15H2,1-3H3,(H,29,31)(H,32,33);1-2,4-7,10H,3,8-9,11,23H2,(H,24,26)(H,27,28);1H. The lowest BCUT2D eigenvalue weighted by Gasteiger charge is -2.19. The number of Topliss-reactive ketones (excluding diaryl/α,β-unsaturated/α-hetero) is 1. The second-order valence-electron chi connectivity index (χ2n) is 27.3. The van der Waals surface area contributed by atoms with Crippen LogP contribution in [0, 0.1) is 0 Å². The number of ketones is 4. The minimum absolute atomic E-state index is 0. The number of hydrogen-bond donors (Lipinski definition) is 7. The van der Waals surface area contributed by atoms with E-state index in [0.29, 0.717) is 140 Å². The van der Waals surface area contributed by atoms with Crippen LogP contribution in [0.2, 0.25) is 0 Å². The van der Waals surface area contributed by atoms with Gasteiger partial charge in [-0.1, -0.05) is 91.0 Å². The maximum absolute atomic E-state index is 13.7. The number of aliphatic hydroxyl groups is 1. The third-order valence-electron chi connectivity index (χ3n) is 17.2. The van der Waals surface area contributed by atoms with Gasteiger partial charge < -0.3 is 60.2 Å². The number of nitrogens with one attached hydrogen (secondary N) is 3. The number of aromatic nitrogens is 3. The third-order valence-corrected chi connectivity index (χ3v) is 17.2. The van der Waals surface area contributed by atoms with E-state index in [0.717, 1.165) is 0 Å². The number of ether oxygens (including phenoxy) is 2. The molecule has 0 saturated heterocycles. The zero-order chi connectivity index (χ0) is 75.9. The fourth-order valence-electron chi connectivity index (χ4n) is 13.1. The van der Waals surface area contributed by atoms with E-state index in [9.17, 15) is 67.1 Å². The molecule has 3 amide bonds. The quantitative estimate of drug-likeness (QED) is 0.0178. The lowest BCUT2D eigenvalue weighted by atomic mass is 10.0. The van der Waals surface area contributed by atoms with E-state index in [1.807, 2.05) is 36.4 Å². The lowest BCUT2D eigenvalue weighted by Crippen LogP contribution is -2.25. The molecule has 3 heterocycles. The number of nitrogens with zero attached hydrogens (tertiary/aromatic N) is 3. The zero-order valence-corrected chi connectivity index (χ0v) is 59.7. The molecule has 0 saturated carbocycles. The highest BCUT2D eigenvalue weighted by molar-refractivity contribution is 6.29. The molecule has 0 fully saturated rings. The molecule has 26 nitrogen and oxygen atoms in total. The molecule has 3 aromatic heterocycles. The summed E-state index contributed by atoms with van der Waals surface area (Å²) in [6.45, 7) is 11.4. The number of anilines is 3. The smallest absolute Gasteiger partial charge is 0.312 e. The van der Waals surface area contributed by atoms with Crippen LogP contribution in [-0.4, -0.2) is 118 Å². The monoisotopic (exact) mass is 1460 g/mol. The predicted molar refractivity (Wildman–Crippen MR) is 399 cm³/mol. The summed E-state index contributed by atoms with van der Waals surface area (Å²) in [7, 11) is 0. The van der Waals surface area contributed by atoms with Crippen molar-refractivity contribution in [3.8, 4) is 33.8 Å². The van der Waals surface area contributed by atoms with Gasteiger partial charge in [0.05, 0.1) is 56.4 Å². The molecule has 0 spiro atoms. The van der Waals surface area contributed by atoms with Crippen molar-refractivity contribution in [2.24, 2.45) is 5.73 Å². The lowest BCUT2D eigenvalue weighted by molar-refractivity contribution is -0.156. The summed E-state index contributed by atoms with van der Waals surface area (Å²) in [5, 5.41) is 36.2. The number of carbonyl (C=O) groups excluding carboxylic acids is 9. The minimum atomic E-state index is -1.27. The minimum Gasteiger partial charge on any atom is -0.481 e. The highest BCUT2D eigenvalue weighted by Crippen LogP contribution is 2.43. The molecule has 550 valence electrons. The van der Waals surface area contributed by atoms with Crippen molar-refractivity contribution in [1.29, 1.82) is 0 Å². The van der Waals surface area contributed by atoms with E-state index in [1.54, 1.807) is 128 Å². The normalized spacial score (nSPS) is 12.1. The molecular weight excluding hydrogens is 1390 g/mol. The van der Waals surface area contributed by atoms with Crippen LogP contribution >= 0.6 is 12.4 Å². The fraction of sp³-hybridized carbons (Fsp3) is 0.291. The SMILES string of the molecule is CC(C)(C)OC(=O)CCCCn1c2c(c3ccc(NC(=O)CC(=O)CO)cc3c1=O)C(=O)c1ccccc1-2.CC(C)(C)OC(=O)CCCCn1c2c(c3ccc(NC(=O)CC(=O)O)cc3c1=O)C(=O)c1ccccc1-2.Cl.NCCCn1c2c(c3ccc(NC(=O)CC(=O)O)cc3c1=O)C(=O)c1ccccc1-2. The first-order valence-electron chi connectivity index (χ1n) is 34.0. The van der Waals surface area contributed by atoms with Gasteiger partial charge in [0.1, 0.15) is 30.7 Å². The van der Waals surface area contributed by atoms with E-state index in [4.69, 9.17) is 30.5 Å². The van der Waals surface area contributed by atoms with E-state index >= 15 is 0 Å². The third kappa shape index (κ3) is 17.3. The summed E-state index contributed by atoms with van der Waals surface area (Å²) in [5.74, 6) is -6.35. The van der Waals surface area contributed by atoms with Crippen LogP contribution in [0.1, 0.15) is 154 Å². The Morgan fingerprint density at radius 2 is 0.698 bits per heavy atom. The number of hydrogen-bond acceptors (Lipinski definition) is 18. The summed E-state index contributed by atoms with van der Waals surface area (Å²) in [5.41, 5.74) is 11.0. The number of pyridine rings is 3. The van der Waals surface area contributed by atoms with Gasteiger partial charge in [-0.15, -0.1) is 12.4 Å². The van der Waals surface area contributed by atoms with Gasteiger partial charge in [-0.3, -0.25) is 67.1 Å². The first kappa shape index (κ1) is 78.3. The number of aliphatic carboxylic acids is 2. The summed E-state index contributed by atoms with van der Waals surface area (Å²) in [6, 6.07) is 35.4. The number of carboxylic acid groups (broad SMARTS) is 2. The maximum atomic E-state index is 13.7. The Bertz CT molecular complexity index is 5330. The Morgan fingerprint density at radius 3 is 0.981 bits per heavy atom. The summed E-state index contributed by atoms with van der Waals surface area (Å²) >= 11 is 0. The van der Waals surface area contributed by atoms with Gasteiger partial charge in [-0.05, 0) is 117 Å². The molecule has 106 heavy (non-hydrogen) atoms. The number of amides is 3. The second kappa shape index (κ2) is 32.8. The van der Waals surface area contributed by atoms with Crippen molar-refractivity contribution < 1.29 is 77.5 Å². The van der Waals surface area contributed by atoms with Crippen LogP contribution in [0.25, 0.3) is 66.1 Å². The fourth-order valence-corrected chi connectivity index (χ4v) is 13.1. The average molecular weight is 1460 g/mol. The molecule has 6 aromatic carbocycles. The molecule has 0 unspecified atom stereocenters. The summed E-state index contributed by atoms with van der Waals surface area (Å²) in [6.07, 6.45) is 1.09.